The third kappa shape index (κ3) is 3.74. The van der Waals surface area contributed by atoms with Crippen LogP contribution >= 0.6 is 22.7 Å². The number of anilines is 1. The highest BCUT2D eigenvalue weighted by molar-refractivity contribution is 7.22. The largest absolute Gasteiger partial charge is 0.346 e. The van der Waals surface area contributed by atoms with Gasteiger partial charge in [-0.05, 0) is 61.9 Å². The molecule has 0 atom stereocenters. The molecule has 0 radical (unpaired) electrons. The highest BCUT2D eigenvalue weighted by Crippen LogP contribution is 2.33. The maximum atomic E-state index is 12.9. The lowest BCUT2D eigenvalue weighted by atomic mass is 10.2. The van der Waals surface area contributed by atoms with Gasteiger partial charge in [0, 0.05) is 26.2 Å². The van der Waals surface area contributed by atoms with Crippen LogP contribution in [-0.2, 0) is 0 Å². The van der Waals surface area contributed by atoms with Crippen LogP contribution in [0, 0.1) is 20.8 Å². The molecule has 0 N–H and O–H groups in total. The summed E-state index contributed by atoms with van der Waals surface area (Å²) in [6.45, 7) is 9.34. The van der Waals surface area contributed by atoms with Gasteiger partial charge in [-0.25, -0.2) is 4.68 Å². The minimum Gasteiger partial charge on any atom is -0.346 e. The van der Waals surface area contributed by atoms with Gasteiger partial charge >= 0.3 is 0 Å². The van der Waals surface area contributed by atoms with Crippen molar-refractivity contribution in [1.82, 2.24) is 19.7 Å². The zero-order valence-corrected chi connectivity index (χ0v) is 19.6. The molecule has 1 aromatic carbocycles. The maximum absolute atomic E-state index is 12.9. The molecule has 160 valence electrons. The summed E-state index contributed by atoms with van der Waals surface area (Å²) in [6, 6.07) is 10.4. The lowest BCUT2D eigenvalue weighted by Gasteiger charge is -2.21. The molecule has 1 saturated heterocycles. The zero-order chi connectivity index (χ0) is 21.5. The second-order valence-corrected chi connectivity index (χ2v) is 9.94. The molecule has 1 aliphatic rings. The van der Waals surface area contributed by atoms with E-state index >= 15 is 0 Å². The topological polar surface area (TPSA) is 54.3 Å². The maximum Gasteiger partial charge on any atom is 0.264 e. The molecule has 0 saturated carbocycles. The number of aromatic nitrogens is 3. The third-order valence-corrected chi connectivity index (χ3v) is 7.95. The Morgan fingerprint density at radius 2 is 1.94 bits per heavy atom. The number of amides is 1. The van der Waals surface area contributed by atoms with Crippen molar-refractivity contribution in [2.24, 2.45) is 0 Å². The Kier molecular flexibility index (Phi) is 5.27. The first kappa shape index (κ1) is 20.2. The van der Waals surface area contributed by atoms with Crippen molar-refractivity contribution in [3.63, 3.8) is 0 Å². The summed E-state index contributed by atoms with van der Waals surface area (Å²) >= 11 is 3.24. The summed E-state index contributed by atoms with van der Waals surface area (Å²) in [4.78, 5) is 23.1. The number of hydrogen-bond acceptors (Lipinski definition) is 6. The first-order valence-corrected chi connectivity index (χ1v) is 12.2. The summed E-state index contributed by atoms with van der Waals surface area (Å²) in [5.74, 6) is 0.157. The molecule has 1 amide bonds. The smallest absolute Gasteiger partial charge is 0.264 e. The van der Waals surface area contributed by atoms with Gasteiger partial charge in [-0.3, -0.25) is 4.79 Å². The van der Waals surface area contributed by atoms with Gasteiger partial charge in [-0.1, -0.05) is 23.5 Å². The van der Waals surface area contributed by atoms with E-state index in [1.54, 1.807) is 11.3 Å². The first-order valence-electron chi connectivity index (χ1n) is 10.5. The van der Waals surface area contributed by atoms with Gasteiger partial charge in [0.1, 0.15) is 0 Å². The monoisotopic (exact) mass is 451 g/mol. The van der Waals surface area contributed by atoms with E-state index in [1.165, 1.54) is 16.9 Å². The van der Waals surface area contributed by atoms with Crippen molar-refractivity contribution >= 4 is 44.1 Å². The van der Waals surface area contributed by atoms with Crippen LogP contribution in [-0.4, -0.2) is 51.8 Å². The molecule has 1 aliphatic heterocycles. The summed E-state index contributed by atoms with van der Waals surface area (Å²) in [5, 5.41) is 7.74. The molecular weight excluding hydrogens is 426 g/mol. The van der Waals surface area contributed by atoms with E-state index in [4.69, 9.17) is 10.1 Å². The van der Waals surface area contributed by atoms with Gasteiger partial charge in [-0.2, -0.15) is 10.1 Å². The van der Waals surface area contributed by atoms with Crippen LogP contribution in [0.5, 0.6) is 0 Å². The molecule has 8 heteroatoms. The van der Waals surface area contributed by atoms with Crippen molar-refractivity contribution in [2.75, 3.05) is 31.1 Å². The molecule has 4 aromatic rings. The van der Waals surface area contributed by atoms with Gasteiger partial charge in [0.15, 0.2) is 10.8 Å². The highest BCUT2D eigenvalue weighted by Gasteiger charge is 2.25. The molecule has 0 spiro atoms. The molecule has 4 heterocycles. The standard InChI is InChI=1S/C23H25N5OS2/c1-15-6-4-7-18(14-15)28-21-20(17(3)25-28)31-23(24-21)27-10-5-9-26(11-12-27)22(29)19-16(2)8-13-30-19/h4,6-8,13-14H,5,9-12H2,1-3H3. The number of aryl methyl sites for hydroxylation is 3. The van der Waals surface area contributed by atoms with E-state index in [1.807, 2.05) is 34.9 Å². The van der Waals surface area contributed by atoms with E-state index in [0.717, 1.165) is 69.9 Å². The van der Waals surface area contributed by atoms with Crippen LogP contribution in [0.15, 0.2) is 35.7 Å². The van der Waals surface area contributed by atoms with Crippen LogP contribution in [0.1, 0.15) is 32.9 Å². The molecule has 0 unspecified atom stereocenters. The summed E-state index contributed by atoms with van der Waals surface area (Å²) in [5.41, 5.74) is 5.22. The average molecular weight is 452 g/mol. The highest BCUT2D eigenvalue weighted by atomic mass is 32.1. The van der Waals surface area contributed by atoms with Crippen molar-refractivity contribution < 1.29 is 4.79 Å². The first-order chi connectivity index (χ1) is 15.0. The lowest BCUT2D eigenvalue weighted by molar-refractivity contribution is 0.0771. The molecule has 3 aromatic heterocycles. The van der Waals surface area contributed by atoms with Crippen molar-refractivity contribution in [3.05, 3.63) is 57.4 Å². The SMILES string of the molecule is Cc1cccc(-n2nc(C)c3sc(N4CCCN(C(=O)c5sccc5C)CC4)nc32)c1. The Morgan fingerprint density at radius 1 is 1.06 bits per heavy atom. The number of carbonyl (C=O) groups is 1. The molecule has 0 aliphatic carbocycles. The predicted octanol–water partition coefficient (Wildman–Crippen LogP) is 4.82. The van der Waals surface area contributed by atoms with E-state index in [-0.39, 0.29) is 5.91 Å². The summed E-state index contributed by atoms with van der Waals surface area (Å²) in [6.07, 6.45) is 0.940. The van der Waals surface area contributed by atoms with Crippen LogP contribution in [0.25, 0.3) is 16.0 Å². The van der Waals surface area contributed by atoms with E-state index in [2.05, 4.69) is 36.1 Å². The minimum atomic E-state index is 0.157. The summed E-state index contributed by atoms with van der Waals surface area (Å²) in [7, 11) is 0. The van der Waals surface area contributed by atoms with Crippen LogP contribution in [0.3, 0.4) is 0 Å². The van der Waals surface area contributed by atoms with Gasteiger partial charge < -0.3 is 9.80 Å². The predicted molar refractivity (Wildman–Crippen MR) is 128 cm³/mol. The third-order valence-electron chi connectivity index (χ3n) is 5.73. The van der Waals surface area contributed by atoms with Gasteiger partial charge in [0.2, 0.25) is 0 Å². The van der Waals surface area contributed by atoms with E-state index < -0.39 is 0 Å². The van der Waals surface area contributed by atoms with Crippen molar-refractivity contribution in [1.29, 1.82) is 0 Å². The van der Waals surface area contributed by atoms with E-state index in [0.29, 0.717) is 0 Å². The Morgan fingerprint density at radius 3 is 2.71 bits per heavy atom. The second kappa shape index (κ2) is 8.09. The fourth-order valence-electron chi connectivity index (χ4n) is 4.05. The molecule has 6 nitrogen and oxygen atoms in total. The number of thiazole rings is 1. The molecule has 31 heavy (non-hydrogen) atoms. The van der Waals surface area contributed by atoms with Gasteiger partial charge in [-0.15, -0.1) is 11.3 Å². The van der Waals surface area contributed by atoms with E-state index in [9.17, 15) is 4.79 Å². The number of rotatable bonds is 3. The number of carbonyl (C=O) groups excluding carboxylic acids is 1. The van der Waals surface area contributed by atoms with Crippen molar-refractivity contribution in [3.8, 4) is 5.69 Å². The number of nitrogens with zero attached hydrogens (tertiary/aromatic N) is 5. The number of hydrogen-bond donors (Lipinski definition) is 0. The molecule has 5 rings (SSSR count). The quantitative estimate of drug-likeness (QED) is 0.448. The number of benzene rings is 1. The van der Waals surface area contributed by atoms with Crippen molar-refractivity contribution in [2.45, 2.75) is 27.2 Å². The minimum absolute atomic E-state index is 0.157. The van der Waals surface area contributed by atoms with Crippen LogP contribution in [0.4, 0.5) is 5.13 Å². The van der Waals surface area contributed by atoms with Crippen LogP contribution in [0.2, 0.25) is 0 Å². The van der Waals surface area contributed by atoms with Gasteiger partial charge in [0.05, 0.1) is 21.0 Å². The van der Waals surface area contributed by atoms with Gasteiger partial charge in [0.25, 0.3) is 5.91 Å². The fourth-order valence-corrected chi connectivity index (χ4v) is 5.98. The Labute approximate surface area is 189 Å². The lowest BCUT2D eigenvalue weighted by Crippen LogP contribution is -2.35. The normalized spacial score (nSPS) is 14.9. The molecule has 0 bridgehead atoms. The molecular formula is C23H25N5OS2. The zero-order valence-electron chi connectivity index (χ0n) is 18.0. The molecule has 1 fully saturated rings. The Bertz CT molecular complexity index is 1250. The average Bonchev–Trinajstić information content (AvgIpc) is 3.39. The fraction of sp³-hybridized carbons (Fsp3) is 0.348. The Balaban J connectivity index is 1.39. The second-order valence-electron chi connectivity index (χ2n) is 8.05. The Hall–Kier alpha value is -2.71. The number of fused-ring (bicyclic) bond motifs is 1. The summed E-state index contributed by atoms with van der Waals surface area (Å²) < 4.78 is 3.08. The number of thiophene rings is 1. The van der Waals surface area contributed by atoms with Crippen LogP contribution < -0.4 is 4.90 Å².